The van der Waals surface area contributed by atoms with Gasteiger partial charge in [-0.15, -0.1) is 24.0 Å². The molecule has 1 amide bonds. The summed E-state index contributed by atoms with van der Waals surface area (Å²) in [6.07, 6.45) is 2.05. The number of nitrogens with zero attached hydrogens (tertiary/aromatic N) is 1. The van der Waals surface area contributed by atoms with Gasteiger partial charge in [0.1, 0.15) is 0 Å². The van der Waals surface area contributed by atoms with Gasteiger partial charge in [-0.3, -0.25) is 9.79 Å². The van der Waals surface area contributed by atoms with E-state index >= 15 is 0 Å². The van der Waals surface area contributed by atoms with Crippen molar-refractivity contribution in [1.29, 1.82) is 0 Å². The Morgan fingerprint density at radius 3 is 2.55 bits per heavy atom. The van der Waals surface area contributed by atoms with Crippen LogP contribution in [-0.4, -0.2) is 44.0 Å². The first-order chi connectivity index (χ1) is 9.26. The zero-order chi connectivity index (χ0) is 13.9. The van der Waals surface area contributed by atoms with Gasteiger partial charge in [0.2, 0.25) is 5.91 Å². The highest BCUT2D eigenvalue weighted by atomic mass is 127. The molecule has 1 aromatic rings. The van der Waals surface area contributed by atoms with Crippen LogP contribution in [0.5, 0.6) is 0 Å². The first kappa shape index (κ1) is 19.0. The second kappa shape index (κ2) is 11.8. The number of hydrogen-bond donors (Lipinski definition) is 3. The number of anilines is 1. The van der Waals surface area contributed by atoms with Crippen molar-refractivity contribution in [3.8, 4) is 0 Å². The standard InChI is InChI=1S/C13H20N4OS.HI/c1-14-13(15-8-9-19-2)16-10-12(18)17-11-6-4-3-5-7-11;/h3-7H,8-10H2,1-2H3,(H,17,18)(H2,14,15,16);1H. The number of benzene rings is 1. The van der Waals surface area contributed by atoms with E-state index in [1.165, 1.54) is 0 Å². The summed E-state index contributed by atoms with van der Waals surface area (Å²) in [5, 5.41) is 8.89. The third-order valence-electron chi connectivity index (χ3n) is 2.30. The predicted molar refractivity (Wildman–Crippen MR) is 98.2 cm³/mol. The van der Waals surface area contributed by atoms with Crippen LogP contribution >= 0.6 is 35.7 Å². The average Bonchev–Trinajstić information content (AvgIpc) is 2.44. The lowest BCUT2D eigenvalue weighted by atomic mass is 10.3. The number of rotatable bonds is 6. The number of nitrogens with one attached hydrogen (secondary N) is 3. The molecule has 112 valence electrons. The van der Waals surface area contributed by atoms with Crippen molar-refractivity contribution in [2.24, 2.45) is 4.99 Å². The Labute approximate surface area is 141 Å². The van der Waals surface area contributed by atoms with Gasteiger partial charge < -0.3 is 16.0 Å². The van der Waals surface area contributed by atoms with Crippen molar-refractivity contribution in [2.75, 3.05) is 37.5 Å². The summed E-state index contributed by atoms with van der Waals surface area (Å²) in [6.45, 7) is 1.01. The molecule has 0 heterocycles. The van der Waals surface area contributed by atoms with Gasteiger partial charge in [-0.1, -0.05) is 18.2 Å². The van der Waals surface area contributed by atoms with Gasteiger partial charge in [0, 0.05) is 25.0 Å². The molecule has 0 aliphatic rings. The number of guanidine groups is 1. The molecule has 0 saturated heterocycles. The summed E-state index contributed by atoms with van der Waals surface area (Å²) in [6, 6.07) is 9.37. The Morgan fingerprint density at radius 2 is 1.95 bits per heavy atom. The van der Waals surface area contributed by atoms with E-state index in [0.29, 0.717) is 5.96 Å². The van der Waals surface area contributed by atoms with E-state index in [9.17, 15) is 4.79 Å². The Balaban J connectivity index is 0.00000361. The van der Waals surface area contributed by atoms with Crippen LogP contribution in [0, 0.1) is 0 Å². The summed E-state index contributed by atoms with van der Waals surface area (Å²) < 4.78 is 0. The zero-order valence-corrected chi connectivity index (χ0v) is 14.8. The van der Waals surface area contributed by atoms with Gasteiger partial charge in [-0.25, -0.2) is 0 Å². The fraction of sp³-hybridized carbons (Fsp3) is 0.385. The van der Waals surface area contributed by atoms with E-state index in [0.717, 1.165) is 18.0 Å². The van der Waals surface area contributed by atoms with Gasteiger partial charge in [0.15, 0.2) is 5.96 Å². The van der Waals surface area contributed by atoms with Crippen molar-refractivity contribution in [3.63, 3.8) is 0 Å². The van der Waals surface area contributed by atoms with Crippen molar-refractivity contribution in [3.05, 3.63) is 30.3 Å². The zero-order valence-electron chi connectivity index (χ0n) is 11.7. The maximum absolute atomic E-state index is 11.7. The first-order valence-corrected chi connectivity index (χ1v) is 7.44. The van der Waals surface area contributed by atoms with Crippen LogP contribution in [0.15, 0.2) is 35.3 Å². The molecule has 7 heteroatoms. The highest BCUT2D eigenvalue weighted by Gasteiger charge is 2.03. The number of hydrogen-bond acceptors (Lipinski definition) is 3. The molecule has 0 saturated carbocycles. The fourth-order valence-electron chi connectivity index (χ4n) is 1.38. The van der Waals surface area contributed by atoms with E-state index in [1.54, 1.807) is 18.8 Å². The number of halogens is 1. The summed E-state index contributed by atoms with van der Waals surface area (Å²) >= 11 is 1.76. The number of para-hydroxylation sites is 1. The molecule has 5 nitrogen and oxygen atoms in total. The lowest BCUT2D eigenvalue weighted by Crippen LogP contribution is -2.42. The largest absolute Gasteiger partial charge is 0.356 e. The molecule has 0 radical (unpaired) electrons. The van der Waals surface area contributed by atoms with Crippen LogP contribution in [0.4, 0.5) is 5.69 Å². The van der Waals surface area contributed by atoms with Crippen LogP contribution < -0.4 is 16.0 Å². The minimum absolute atomic E-state index is 0. The Morgan fingerprint density at radius 1 is 1.25 bits per heavy atom. The second-order valence-electron chi connectivity index (χ2n) is 3.76. The van der Waals surface area contributed by atoms with Gasteiger partial charge in [0.25, 0.3) is 0 Å². The summed E-state index contributed by atoms with van der Waals surface area (Å²) in [4.78, 5) is 15.7. The van der Waals surface area contributed by atoms with E-state index in [-0.39, 0.29) is 36.4 Å². The van der Waals surface area contributed by atoms with Crippen LogP contribution in [-0.2, 0) is 4.79 Å². The normalized spacial score (nSPS) is 10.4. The topological polar surface area (TPSA) is 65.5 Å². The summed E-state index contributed by atoms with van der Waals surface area (Å²) in [5.74, 6) is 1.54. The molecule has 0 fully saturated rings. The molecular formula is C13H21IN4OS. The molecule has 0 unspecified atom stereocenters. The van der Waals surface area contributed by atoms with Crippen LogP contribution in [0.3, 0.4) is 0 Å². The smallest absolute Gasteiger partial charge is 0.243 e. The molecule has 0 bridgehead atoms. The molecule has 0 atom stereocenters. The van der Waals surface area contributed by atoms with Gasteiger partial charge in [-0.2, -0.15) is 11.8 Å². The molecule has 20 heavy (non-hydrogen) atoms. The number of amides is 1. The monoisotopic (exact) mass is 408 g/mol. The number of carbonyl (C=O) groups is 1. The average molecular weight is 408 g/mol. The van der Waals surface area contributed by atoms with E-state index in [1.807, 2.05) is 36.6 Å². The van der Waals surface area contributed by atoms with E-state index < -0.39 is 0 Å². The van der Waals surface area contributed by atoms with Gasteiger partial charge in [0.05, 0.1) is 6.54 Å². The molecular weight excluding hydrogens is 387 g/mol. The number of carbonyl (C=O) groups excluding carboxylic acids is 1. The van der Waals surface area contributed by atoms with Crippen LogP contribution in [0.25, 0.3) is 0 Å². The predicted octanol–water partition coefficient (Wildman–Crippen LogP) is 1.77. The highest BCUT2D eigenvalue weighted by Crippen LogP contribution is 2.03. The maximum atomic E-state index is 11.7. The summed E-state index contributed by atoms with van der Waals surface area (Å²) in [5.41, 5.74) is 0.791. The highest BCUT2D eigenvalue weighted by molar-refractivity contribution is 14.0. The van der Waals surface area contributed by atoms with Crippen molar-refractivity contribution in [1.82, 2.24) is 10.6 Å². The van der Waals surface area contributed by atoms with Crippen LogP contribution in [0.1, 0.15) is 0 Å². The second-order valence-corrected chi connectivity index (χ2v) is 4.75. The van der Waals surface area contributed by atoms with Crippen molar-refractivity contribution < 1.29 is 4.79 Å². The van der Waals surface area contributed by atoms with E-state index in [2.05, 4.69) is 20.9 Å². The fourth-order valence-corrected chi connectivity index (χ4v) is 1.69. The summed E-state index contributed by atoms with van der Waals surface area (Å²) in [7, 11) is 1.68. The minimum Gasteiger partial charge on any atom is -0.356 e. The van der Waals surface area contributed by atoms with Crippen molar-refractivity contribution in [2.45, 2.75) is 0 Å². The minimum atomic E-state index is -0.0981. The Kier molecular flexibility index (Phi) is 11.3. The van der Waals surface area contributed by atoms with Crippen molar-refractivity contribution >= 4 is 53.3 Å². The molecule has 0 aliphatic carbocycles. The molecule has 0 spiro atoms. The molecule has 0 aliphatic heterocycles. The lowest BCUT2D eigenvalue weighted by molar-refractivity contribution is -0.115. The maximum Gasteiger partial charge on any atom is 0.243 e. The number of thioether (sulfide) groups is 1. The molecule has 1 aromatic carbocycles. The Hall–Kier alpha value is -0.960. The third-order valence-corrected chi connectivity index (χ3v) is 2.91. The quantitative estimate of drug-likeness (QED) is 0.291. The Bertz CT molecular complexity index is 414. The lowest BCUT2D eigenvalue weighted by Gasteiger charge is -2.11. The number of aliphatic imine (C=N–C) groups is 1. The van der Waals surface area contributed by atoms with Gasteiger partial charge >= 0.3 is 0 Å². The van der Waals surface area contributed by atoms with Gasteiger partial charge in [-0.05, 0) is 18.4 Å². The molecule has 3 N–H and O–H groups in total. The van der Waals surface area contributed by atoms with E-state index in [4.69, 9.17) is 0 Å². The SMILES string of the molecule is CN=C(NCCSC)NCC(=O)Nc1ccccc1.I. The van der Waals surface area contributed by atoms with Crippen LogP contribution in [0.2, 0.25) is 0 Å². The first-order valence-electron chi connectivity index (χ1n) is 6.04. The molecule has 1 rings (SSSR count). The molecule has 0 aromatic heterocycles. The third kappa shape index (κ3) is 8.26.